The second-order valence-corrected chi connectivity index (χ2v) is 10.6. The average Bonchev–Trinajstić information content (AvgIpc) is 3.25. The molecule has 1 fully saturated rings. The maximum atomic E-state index is 12.6. The Morgan fingerprint density at radius 3 is 2.38 bits per heavy atom. The maximum absolute atomic E-state index is 12.6. The van der Waals surface area contributed by atoms with Crippen LogP contribution in [0.2, 0.25) is 0 Å². The van der Waals surface area contributed by atoms with Crippen molar-refractivity contribution in [2.75, 3.05) is 37.6 Å². The number of anilines is 1. The van der Waals surface area contributed by atoms with E-state index in [0.29, 0.717) is 23.5 Å². The molecule has 7 N–H and O–H groups in total. The zero-order valence-corrected chi connectivity index (χ0v) is 21.9. The van der Waals surface area contributed by atoms with Gasteiger partial charge in [-0.05, 0) is 62.6 Å². The van der Waals surface area contributed by atoms with E-state index in [1.54, 1.807) is 29.2 Å². The Morgan fingerprint density at radius 2 is 1.73 bits per heavy atom. The number of allylic oxidation sites excluding steroid dienone is 1. The van der Waals surface area contributed by atoms with Gasteiger partial charge in [0.2, 0.25) is 0 Å². The van der Waals surface area contributed by atoms with E-state index in [1.807, 2.05) is 32.9 Å². The van der Waals surface area contributed by atoms with Crippen LogP contribution in [0, 0.1) is 0 Å². The van der Waals surface area contributed by atoms with Crippen molar-refractivity contribution in [2.45, 2.75) is 39.3 Å². The summed E-state index contributed by atoms with van der Waals surface area (Å²) in [5, 5.41) is 10.1. The molecule has 4 rings (SSSR count). The summed E-state index contributed by atoms with van der Waals surface area (Å²) in [6.07, 6.45) is 2.26. The number of rotatable bonds is 5. The molecule has 0 bridgehead atoms. The second kappa shape index (κ2) is 10.6. The average molecular weight is 507 g/mol. The van der Waals surface area contributed by atoms with Crippen molar-refractivity contribution in [3.05, 3.63) is 76.7 Å². The quantitative estimate of drug-likeness (QED) is 0.455. The van der Waals surface area contributed by atoms with Gasteiger partial charge in [-0.25, -0.2) is 4.79 Å². The number of phenols is 1. The molecule has 0 atom stereocenters. The fourth-order valence-corrected chi connectivity index (χ4v) is 4.77. The standard InChI is InChI=1S/C28H38N6O3/c1-28(2,3)37-27(36)34-11-10-20-16-19(8-9-23(20)34)18-32-12-14-33(15-13-32)24(26(30)31)17-22(29)21-6-4-5-7-25(21)35/h4-9,16-17,35H,10-15,18,29-31H2,1-3H3/b22-17-. The summed E-state index contributed by atoms with van der Waals surface area (Å²) in [7, 11) is 0. The number of piperazine rings is 1. The molecule has 2 aliphatic rings. The number of hydrogen-bond acceptors (Lipinski definition) is 8. The highest BCUT2D eigenvalue weighted by Gasteiger charge is 2.29. The van der Waals surface area contributed by atoms with Crippen molar-refractivity contribution in [1.29, 1.82) is 0 Å². The molecule has 0 aliphatic carbocycles. The number of carbonyl (C=O) groups excluding carboxylic acids is 1. The number of phenolic OH excluding ortho intramolecular Hbond substituents is 1. The Labute approximate surface area is 218 Å². The number of amides is 1. The predicted octanol–water partition coefficient (Wildman–Crippen LogP) is 2.89. The third-order valence-corrected chi connectivity index (χ3v) is 6.58. The third-order valence-electron chi connectivity index (χ3n) is 6.58. The van der Waals surface area contributed by atoms with Crippen molar-refractivity contribution in [3.8, 4) is 5.75 Å². The summed E-state index contributed by atoms with van der Waals surface area (Å²) in [5.41, 5.74) is 22.7. The number of hydrogen-bond donors (Lipinski definition) is 4. The van der Waals surface area contributed by atoms with Crippen LogP contribution in [-0.2, 0) is 17.7 Å². The van der Waals surface area contributed by atoms with E-state index in [0.717, 1.165) is 44.8 Å². The molecule has 9 nitrogen and oxygen atoms in total. The Kier molecular flexibility index (Phi) is 7.54. The Bertz CT molecular complexity index is 1200. The van der Waals surface area contributed by atoms with Gasteiger partial charge in [0, 0.05) is 50.5 Å². The number of nitrogens with two attached hydrogens (primary N) is 3. The lowest BCUT2D eigenvalue weighted by atomic mass is 10.1. The first-order valence-corrected chi connectivity index (χ1v) is 12.6. The minimum atomic E-state index is -0.517. The van der Waals surface area contributed by atoms with E-state index in [-0.39, 0.29) is 17.7 Å². The van der Waals surface area contributed by atoms with E-state index < -0.39 is 5.60 Å². The number of ether oxygens (including phenoxy) is 1. The lowest BCUT2D eigenvalue weighted by Crippen LogP contribution is -2.46. The van der Waals surface area contributed by atoms with Gasteiger partial charge in [-0.3, -0.25) is 9.80 Å². The molecule has 0 aromatic heterocycles. The van der Waals surface area contributed by atoms with Crippen LogP contribution < -0.4 is 22.1 Å². The van der Waals surface area contributed by atoms with Crippen molar-refractivity contribution in [2.24, 2.45) is 17.2 Å². The van der Waals surface area contributed by atoms with Gasteiger partial charge < -0.3 is 31.9 Å². The van der Waals surface area contributed by atoms with E-state index in [4.69, 9.17) is 21.9 Å². The Hall–Kier alpha value is -3.85. The smallest absolute Gasteiger partial charge is 0.414 e. The minimum Gasteiger partial charge on any atom is -0.507 e. The molecule has 198 valence electrons. The van der Waals surface area contributed by atoms with E-state index in [2.05, 4.69) is 21.9 Å². The Balaban J connectivity index is 1.37. The van der Waals surface area contributed by atoms with Gasteiger partial charge in [-0.15, -0.1) is 0 Å². The highest BCUT2D eigenvalue weighted by molar-refractivity contribution is 5.90. The van der Waals surface area contributed by atoms with Gasteiger partial charge in [0.05, 0.1) is 11.4 Å². The number of benzene rings is 2. The molecule has 9 heteroatoms. The fraction of sp³-hybridized carbons (Fsp3) is 0.393. The topological polar surface area (TPSA) is 134 Å². The number of nitrogens with zero attached hydrogens (tertiary/aromatic N) is 3. The highest BCUT2D eigenvalue weighted by atomic mass is 16.6. The molecule has 0 saturated carbocycles. The molecule has 0 radical (unpaired) electrons. The van der Waals surface area contributed by atoms with Crippen molar-refractivity contribution in [1.82, 2.24) is 9.80 Å². The normalized spacial score (nSPS) is 16.5. The van der Waals surface area contributed by atoms with Gasteiger partial charge >= 0.3 is 6.09 Å². The molecule has 37 heavy (non-hydrogen) atoms. The summed E-state index contributed by atoms with van der Waals surface area (Å²) in [4.78, 5) is 18.8. The van der Waals surface area contributed by atoms with Gasteiger partial charge in [0.1, 0.15) is 17.2 Å². The molecular formula is C28H38N6O3. The summed E-state index contributed by atoms with van der Waals surface area (Å²) in [5.74, 6) is 0.305. The number of carbonyl (C=O) groups is 1. The first-order valence-electron chi connectivity index (χ1n) is 12.6. The molecule has 1 saturated heterocycles. The van der Waals surface area contributed by atoms with Crippen LogP contribution in [0.4, 0.5) is 10.5 Å². The lowest BCUT2D eigenvalue weighted by molar-refractivity contribution is 0.0584. The number of aromatic hydroxyl groups is 1. The molecule has 0 spiro atoms. The number of fused-ring (bicyclic) bond motifs is 1. The van der Waals surface area contributed by atoms with Crippen molar-refractivity contribution >= 4 is 17.5 Å². The first kappa shape index (κ1) is 26.2. The van der Waals surface area contributed by atoms with Crippen LogP contribution in [0.25, 0.3) is 5.70 Å². The Morgan fingerprint density at radius 1 is 1.03 bits per heavy atom. The highest BCUT2D eigenvalue weighted by Crippen LogP contribution is 2.31. The van der Waals surface area contributed by atoms with Crippen molar-refractivity contribution in [3.63, 3.8) is 0 Å². The SMILES string of the molecule is CC(C)(C)OC(=O)N1CCc2cc(CN3CCN(C(/C=C(\N)c4ccccc4O)=C(N)N)CC3)ccc21. The van der Waals surface area contributed by atoms with Crippen molar-refractivity contribution < 1.29 is 14.6 Å². The lowest BCUT2D eigenvalue weighted by Gasteiger charge is -2.37. The predicted molar refractivity (Wildman–Crippen MR) is 146 cm³/mol. The summed E-state index contributed by atoms with van der Waals surface area (Å²) < 4.78 is 5.56. The zero-order valence-electron chi connectivity index (χ0n) is 21.9. The van der Waals surface area contributed by atoms with Crippen LogP contribution in [-0.4, -0.2) is 59.3 Å². The van der Waals surface area contributed by atoms with Crippen LogP contribution >= 0.6 is 0 Å². The largest absolute Gasteiger partial charge is 0.507 e. The number of para-hydroxylation sites is 1. The molecule has 2 aromatic rings. The third kappa shape index (κ3) is 6.29. The van der Waals surface area contributed by atoms with Crippen LogP contribution in [0.15, 0.2) is 60.1 Å². The maximum Gasteiger partial charge on any atom is 0.414 e. The second-order valence-electron chi connectivity index (χ2n) is 10.6. The van der Waals surface area contributed by atoms with Gasteiger partial charge in [0.25, 0.3) is 0 Å². The van der Waals surface area contributed by atoms with Crippen LogP contribution in [0.3, 0.4) is 0 Å². The first-order chi connectivity index (χ1) is 17.5. The van der Waals surface area contributed by atoms with Crippen LogP contribution in [0.1, 0.15) is 37.5 Å². The molecule has 0 unspecified atom stereocenters. The van der Waals surface area contributed by atoms with Gasteiger partial charge in [-0.2, -0.15) is 0 Å². The molecule has 2 aromatic carbocycles. The van der Waals surface area contributed by atoms with E-state index in [1.165, 1.54) is 11.1 Å². The summed E-state index contributed by atoms with van der Waals surface area (Å²) in [6, 6.07) is 13.2. The van der Waals surface area contributed by atoms with Gasteiger partial charge in [0.15, 0.2) is 0 Å². The molecule has 1 amide bonds. The van der Waals surface area contributed by atoms with E-state index >= 15 is 0 Å². The minimum absolute atomic E-state index is 0.111. The van der Waals surface area contributed by atoms with Gasteiger partial charge in [-0.1, -0.05) is 24.3 Å². The summed E-state index contributed by atoms with van der Waals surface area (Å²) >= 11 is 0. The van der Waals surface area contributed by atoms with E-state index in [9.17, 15) is 9.90 Å². The monoisotopic (exact) mass is 506 g/mol. The molecular weight excluding hydrogens is 468 g/mol. The summed E-state index contributed by atoms with van der Waals surface area (Å²) in [6.45, 7) is 10.3. The zero-order chi connectivity index (χ0) is 26.7. The molecule has 2 heterocycles. The molecule has 2 aliphatic heterocycles. The fourth-order valence-electron chi connectivity index (χ4n) is 4.77. The van der Waals surface area contributed by atoms with Crippen LogP contribution in [0.5, 0.6) is 5.75 Å².